The lowest BCUT2D eigenvalue weighted by Crippen LogP contribution is -2.44. The van der Waals surface area contributed by atoms with E-state index in [2.05, 4.69) is 22.1 Å². The van der Waals surface area contributed by atoms with Crippen LogP contribution in [0.15, 0.2) is 41.3 Å². The summed E-state index contributed by atoms with van der Waals surface area (Å²) in [5.41, 5.74) is 0.599. The molecule has 7 heteroatoms. The first kappa shape index (κ1) is 17.9. The standard InChI is InChI=1S/C18H23ClN4O2/c1-21(15-10-20-22(2)17(24)16(15)19)12-18(25)8-9-23(13-18)11-14-6-4-3-5-7-14/h3-7,10,25H,8-9,11-13H2,1-2H3. The average Bonchev–Trinajstić information content (AvgIpc) is 2.94. The van der Waals surface area contributed by atoms with Crippen LogP contribution in [0.3, 0.4) is 0 Å². The van der Waals surface area contributed by atoms with E-state index >= 15 is 0 Å². The summed E-state index contributed by atoms with van der Waals surface area (Å²) in [5.74, 6) is 0. The number of hydrogen-bond acceptors (Lipinski definition) is 5. The number of aliphatic hydroxyl groups is 1. The Kier molecular flexibility index (Phi) is 5.13. The van der Waals surface area contributed by atoms with E-state index in [9.17, 15) is 9.90 Å². The molecule has 0 spiro atoms. The second-order valence-electron chi connectivity index (χ2n) is 6.80. The summed E-state index contributed by atoms with van der Waals surface area (Å²) in [6.07, 6.45) is 2.24. The highest BCUT2D eigenvalue weighted by Crippen LogP contribution is 2.27. The summed E-state index contributed by atoms with van der Waals surface area (Å²) >= 11 is 6.15. The molecular formula is C18H23ClN4O2. The second kappa shape index (κ2) is 7.15. The number of anilines is 1. The third-order valence-electron chi connectivity index (χ3n) is 4.66. The van der Waals surface area contributed by atoms with Crippen LogP contribution in [-0.2, 0) is 13.6 Å². The van der Waals surface area contributed by atoms with Crippen molar-refractivity contribution in [3.8, 4) is 0 Å². The Morgan fingerprint density at radius 2 is 2.08 bits per heavy atom. The minimum Gasteiger partial charge on any atom is -0.387 e. The number of likely N-dealkylation sites (tertiary alicyclic amines) is 1. The maximum atomic E-state index is 11.9. The van der Waals surface area contributed by atoms with Crippen molar-refractivity contribution in [2.24, 2.45) is 7.05 Å². The monoisotopic (exact) mass is 362 g/mol. The van der Waals surface area contributed by atoms with Gasteiger partial charge in [0.2, 0.25) is 0 Å². The molecule has 134 valence electrons. The average molecular weight is 363 g/mol. The molecule has 3 rings (SSSR count). The lowest BCUT2D eigenvalue weighted by molar-refractivity contribution is 0.0562. The normalized spacial score (nSPS) is 20.8. The van der Waals surface area contributed by atoms with E-state index in [1.54, 1.807) is 13.2 Å². The van der Waals surface area contributed by atoms with E-state index < -0.39 is 5.60 Å². The predicted molar refractivity (Wildman–Crippen MR) is 99.0 cm³/mol. The van der Waals surface area contributed by atoms with Gasteiger partial charge in [-0.1, -0.05) is 41.9 Å². The van der Waals surface area contributed by atoms with Gasteiger partial charge in [0.1, 0.15) is 5.02 Å². The molecule has 1 atom stereocenters. The van der Waals surface area contributed by atoms with Crippen molar-refractivity contribution in [3.63, 3.8) is 0 Å². The van der Waals surface area contributed by atoms with Gasteiger partial charge in [-0.05, 0) is 12.0 Å². The van der Waals surface area contributed by atoms with Gasteiger partial charge in [0, 0.05) is 40.3 Å². The van der Waals surface area contributed by atoms with Gasteiger partial charge < -0.3 is 10.0 Å². The molecule has 1 unspecified atom stereocenters. The molecule has 1 aliphatic heterocycles. The van der Waals surface area contributed by atoms with Crippen LogP contribution in [0, 0.1) is 0 Å². The maximum absolute atomic E-state index is 11.9. The lowest BCUT2D eigenvalue weighted by Gasteiger charge is -2.30. The first-order chi connectivity index (χ1) is 11.9. The molecule has 2 heterocycles. The van der Waals surface area contributed by atoms with Gasteiger partial charge in [0.05, 0.1) is 17.5 Å². The Bertz CT molecular complexity index is 795. The van der Waals surface area contributed by atoms with Gasteiger partial charge in [-0.2, -0.15) is 5.10 Å². The molecule has 6 nitrogen and oxygen atoms in total. The molecule has 1 N–H and O–H groups in total. The molecule has 0 aliphatic carbocycles. The highest BCUT2D eigenvalue weighted by molar-refractivity contribution is 6.33. The minimum absolute atomic E-state index is 0.128. The Morgan fingerprint density at radius 1 is 1.36 bits per heavy atom. The maximum Gasteiger partial charge on any atom is 0.287 e. The zero-order valence-electron chi connectivity index (χ0n) is 14.5. The molecule has 1 aliphatic rings. The Hall–Kier alpha value is -1.89. The van der Waals surface area contributed by atoms with Gasteiger partial charge in [-0.3, -0.25) is 9.69 Å². The second-order valence-corrected chi connectivity index (χ2v) is 7.18. The first-order valence-electron chi connectivity index (χ1n) is 8.30. The van der Waals surface area contributed by atoms with Gasteiger partial charge in [0.25, 0.3) is 5.56 Å². The molecule has 1 aromatic carbocycles. The minimum atomic E-state index is -0.839. The zero-order chi connectivity index (χ0) is 18.0. The SMILES string of the molecule is CN(CC1(O)CCN(Cc2ccccc2)C1)c1cnn(C)c(=O)c1Cl. The van der Waals surface area contributed by atoms with Crippen LogP contribution in [0.25, 0.3) is 0 Å². The van der Waals surface area contributed by atoms with Gasteiger partial charge in [-0.15, -0.1) is 0 Å². The quantitative estimate of drug-likeness (QED) is 0.873. The summed E-state index contributed by atoms with van der Waals surface area (Å²) in [4.78, 5) is 16.0. The van der Waals surface area contributed by atoms with E-state index in [0.717, 1.165) is 13.1 Å². The van der Waals surface area contributed by atoms with Crippen molar-refractivity contribution >= 4 is 17.3 Å². The molecule has 25 heavy (non-hydrogen) atoms. The van der Waals surface area contributed by atoms with Crippen LogP contribution in [0.4, 0.5) is 5.69 Å². The summed E-state index contributed by atoms with van der Waals surface area (Å²) in [6.45, 7) is 2.64. The summed E-state index contributed by atoms with van der Waals surface area (Å²) in [7, 11) is 3.38. The molecule has 0 bridgehead atoms. The van der Waals surface area contributed by atoms with Crippen LogP contribution in [0.1, 0.15) is 12.0 Å². The van der Waals surface area contributed by atoms with Gasteiger partial charge >= 0.3 is 0 Å². The Morgan fingerprint density at radius 3 is 2.80 bits per heavy atom. The number of aromatic nitrogens is 2. The number of rotatable bonds is 5. The molecule has 0 saturated carbocycles. The predicted octanol–water partition coefficient (Wildman–Crippen LogP) is 1.51. The van der Waals surface area contributed by atoms with E-state index in [-0.39, 0.29) is 10.6 Å². The number of likely N-dealkylation sites (N-methyl/N-ethyl adjacent to an activating group) is 1. The summed E-state index contributed by atoms with van der Waals surface area (Å²) in [6, 6.07) is 10.2. The molecule has 1 saturated heterocycles. The molecule has 0 amide bonds. The van der Waals surface area contributed by atoms with Crippen molar-refractivity contribution in [1.29, 1.82) is 0 Å². The van der Waals surface area contributed by atoms with E-state index in [4.69, 9.17) is 11.6 Å². The number of halogens is 1. The molecule has 2 aromatic rings. The molecular weight excluding hydrogens is 340 g/mol. The number of nitrogens with zero attached hydrogens (tertiary/aromatic N) is 4. The van der Waals surface area contributed by atoms with Crippen molar-refractivity contribution in [1.82, 2.24) is 14.7 Å². The van der Waals surface area contributed by atoms with Crippen molar-refractivity contribution in [2.45, 2.75) is 18.6 Å². The fourth-order valence-corrected chi connectivity index (χ4v) is 3.66. The molecule has 1 fully saturated rings. The highest BCUT2D eigenvalue weighted by Gasteiger charge is 2.37. The van der Waals surface area contributed by atoms with Crippen LogP contribution < -0.4 is 10.5 Å². The van der Waals surface area contributed by atoms with Crippen LogP contribution in [0.5, 0.6) is 0 Å². The van der Waals surface area contributed by atoms with E-state index in [0.29, 0.717) is 25.2 Å². The first-order valence-corrected chi connectivity index (χ1v) is 8.67. The highest BCUT2D eigenvalue weighted by atomic mass is 35.5. The molecule has 1 aromatic heterocycles. The number of hydrogen-bond donors (Lipinski definition) is 1. The van der Waals surface area contributed by atoms with Crippen molar-refractivity contribution in [2.75, 3.05) is 31.6 Å². The van der Waals surface area contributed by atoms with Crippen LogP contribution in [0.2, 0.25) is 5.02 Å². The number of benzene rings is 1. The Labute approximate surface area is 152 Å². The van der Waals surface area contributed by atoms with Gasteiger partial charge in [0.15, 0.2) is 0 Å². The smallest absolute Gasteiger partial charge is 0.287 e. The Balaban J connectivity index is 1.66. The van der Waals surface area contributed by atoms with E-state index in [1.165, 1.54) is 10.2 Å². The van der Waals surface area contributed by atoms with Gasteiger partial charge in [-0.25, -0.2) is 4.68 Å². The van der Waals surface area contributed by atoms with Crippen molar-refractivity contribution in [3.05, 3.63) is 57.5 Å². The molecule has 0 radical (unpaired) electrons. The number of β-amino-alcohol motifs (C(OH)–C–C–N with tert-alkyl or cyclic N) is 1. The van der Waals surface area contributed by atoms with Crippen molar-refractivity contribution < 1.29 is 5.11 Å². The fraction of sp³-hybridized carbons (Fsp3) is 0.444. The topological polar surface area (TPSA) is 61.6 Å². The fourth-order valence-electron chi connectivity index (χ4n) is 3.34. The third-order valence-corrected chi connectivity index (χ3v) is 5.02. The van der Waals surface area contributed by atoms with Crippen LogP contribution in [-0.4, -0.2) is 52.1 Å². The zero-order valence-corrected chi connectivity index (χ0v) is 15.3. The summed E-state index contributed by atoms with van der Waals surface area (Å²) < 4.78 is 1.20. The lowest BCUT2D eigenvalue weighted by atomic mass is 10.0. The van der Waals surface area contributed by atoms with E-state index in [1.807, 2.05) is 30.1 Å². The number of aryl methyl sites for hydroxylation is 1. The summed E-state index contributed by atoms with van der Waals surface area (Å²) in [5, 5.41) is 15.1. The largest absolute Gasteiger partial charge is 0.387 e. The third kappa shape index (κ3) is 4.03. The van der Waals surface area contributed by atoms with Crippen LogP contribution >= 0.6 is 11.6 Å².